The van der Waals surface area contributed by atoms with E-state index in [4.69, 9.17) is 9.84 Å². The van der Waals surface area contributed by atoms with Crippen LogP contribution in [0.5, 0.6) is 0 Å². The Morgan fingerprint density at radius 3 is 2.31 bits per heavy atom. The molecule has 0 radical (unpaired) electrons. The second kappa shape index (κ2) is 5.58. The molecule has 0 saturated carbocycles. The van der Waals surface area contributed by atoms with E-state index in [1.54, 1.807) is 13.8 Å². The monoisotopic (exact) mass is 233 g/mol. The summed E-state index contributed by atoms with van der Waals surface area (Å²) in [6.07, 6.45) is -3.64. The summed E-state index contributed by atoms with van der Waals surface area (Å²) < 4.78 is 5.20. The maximum Gasteiger partial charge on any atom is 0.222 e. The van der Waals surface area contributed by atoms with Gasteiger partial charge >= 0.3 is 0 Å². The molecule has 0 aliphatic carbocycles. The molecule has 1 rings (SSSR count). The van der Waals surface area contributed by atoms with E-state index in [2.05, 4.69) is 5.32 Å². The van der Waals surface area contributed by atoms with Crippen molar-refractivity contribution in [3.05, 3.63) is 0 Å². The fourth-order valence-electron chi connectivity index (χ4n) is 1.55. The van der Waals surface area contributed by atoms with Crippen molar-refractivity contribution in [2.24, 2.45) is 5.92 Å². The van der Waals surface area contributed by atoms with E-state index in [0.29, 0.717) is 0 Å². The Morgan fingerprint density at radius 2 is 1.88 bits per heavy atom. The first-order valence-corrected chi connectivity index (χ1v) is 5.37. The smallest absolute Gasteiger partial charge is 0.222 e. The van der Waals surface area contributed by atoms with Gasteiger partial charge in [0.2, 0.25) is 5.91 Å². The van der Waals surface area contributed by atoms with Crippen LogP contribution >= 0.6 is 0 Å². The molecule has 0 aromatic carbocycles. The van der Waals surface area contributed by atoms with Crippen LogP contribution in [0, 0.1) is 5.92 Å². The maximum atomic E-state index is 11.3. The van der Waals surface area contributed by atoms with Crippen molar-refractivity contribution in [3.63, 3.8) is 0 Å². The summed E-state index contributed by atoms with van der Waals surface area (Å²) in [5, 5.41) is 30.5. The minimum atomic E-state index is -1.11. The Labute approximate surface area is 94.2 Å². The van der Waals surface area contributed by atoms with Crippen LogP contribution in [-0.2, 0) is 9.53 Å². The van der Waals surface area contributed by atoms with E-state index in [0.717, 1.165) is 0 Å². The van der Waals surface area contributed by atoms with E-state index in [-0.39, 0.29) is 25.0 Å². The van der Waals surface area contributed by atoms with Crippen molar-refractivity contribution in [2.45, 2.75) is 38.3 Å². The topological polar surface area (TPSA) is 99.0 Å². The average Bonchev–Trinajstić information content (AvgIpc) is 2.52. The van der Waals surface area contributed by atoms with Crippen LogP contribution in [0.3, 0.4) is 0 Å². The summed E-state index contributed by atoms with van der Waals surface area (Å²) in [7, 11) is 0. The number of carbonyl (C=O) groups excluding carboxylic acids is 1. The predicted molar refractivity (Wildman–Crippen MR) is 55.6 cm³/mol. The van der Waals surface area contributed by atoms with Crippen LogP contribution in [0.15, 0.2) is 0 Å². The normalized spacial score (nSPS) is 34.4. The van der Waals surface area contributed by atoms with Gasteiger partial charge < -0.3 is 25.4 Å². The second-order valence-electron chi connectivity index (χ2n) is 4.28. The Balaban J connectivity index is 2.41. The van der Waals surface area contributed by atoms with E-state index >= 15 is 0 Å². The number of hydrogen-bond donors (Lipinski definition) is 4. The lowest BCUT2D eigenvalue weighted by atomic mass is 10.1. The summed E-state index contributed by atoms with van der Waals surface area (Å²) in [6, 6.07) is 0. The number of ether oxygens (including phenoxy) is 1. The molecule has 0 aromatic rings. The van der Waals surface area contributed by atoms with Crippen molar-refractivity contribution < 1.29 is 24.9 Å². The minimum absolute atomic E-state index is 0.131. The molecule has 94 valence electrons. The Bertz CT molecular complexity index is 245. The standard InChI is InChI=1S/C10H19NO5/c1-5(2)10(15)11-3-6-8(13)9(14)7(4-12)16-6/h5-9,12-14H,3-4H2,1-2H3,(H,11,15)/t6-,7+,8+,9+/m0/s1. The van der Waals surface area contributed by atoms with Crippen LogP contribution < -0.4 is 5.32 Å². The van der Waals surface area contributed by atoms with Crippen LogP contribution in [-0.4, -0.2) is 58.8 Å². The van der Waals surface area contributed by atoms with Gasteiger partial charge in [-0.3, -0.25) is 4.79 Å². The number of carbonyl (C=O) groups is 1. The number of nitrogens with one attached hydrogen (secondary N) is 1. The van der Waals surface area contributed by atoms with Gasteiger partial charge in [0.15, 0.2) is 0 Å². The van der Waals surface area contributed by atoms with Gasteiger partial charge in [0.1, 0.15) is 24.4 Å². The highest BCUT2D eigenvalue weighted by Gasteiger charge is 2.42. The van der Waals surface area contributed by atoms with Crippen LogP contribution in [0.4, 0.5) is 0 Å². The largest absolute Gasteiger partial charge is 0.394 e. The van der Waals surface area contributed by atoms with E-state index < -0.39 is 24.4 Å². The minimum Gasteiger partial charge on any atom is -0.394 e. The summed E-state index contributed by atoms with van der Waals surface area (Å²) >= 11 is 0. The van der Waals surface area contributed by atoms with Gasteiger partial charge in [0.05, 0.1) is 6.61 Å². The first kappa shape index (κ1) is 13.4. The number of rotatable bonds is 4. The van der Waals surface area contributed by atoms with Gasteiger partial charge in [0.25, 0.3) is 0 Å². The van der Waals surface area contributed by atoms with Gasteiger partial charge in [-0.05, 0) is 0 Å². The molecule has 1 heterocycles. The Kier molecular flexibility index (Phi) is 4.67. The summed E-state index contributed by atoms with van der Waals surface area (Å²) in [5.74, 6) is -0.283. The molecule has 6 nitrogen and oxygen atoms in total. The van der Waals surface area contributed by atoms with Gasteiger partial charge in [-0.25, -0.2) is 0 Å². The SMILES string of the molecule is CC(C)C(=O)NC[C@@H]1O[C@H](CO)[C@@H](O)[C@@H]1O. The van der Waals surface area contributed by atoms with Gasteiger partial charge in [-0.1, -0.05) is 13.8 Å². The van der Waals surface area contributed by atoms with Crippen molar-refractivity contribution in [1.82, 2.24) is 5.32 Å². The zero-order valence-electron chi connectivity index (χ0n) is 9.46. The molecule has 1 saturated heterocycles. The third-order valence-electron chi connectivity index (χ3n) is 2.64. The fraction of sp³-hybridized carbons (Fsp3) is 0.900. The fourth-order valence-corrected chi connectivity index (χ4v) is 1.55. The molecule has 1 amide bonds. The molecule has 0 bridgehead atoms. The predicted octanol–water partition coefficient (Wildman–Crippen LogP) is -1.76. The number of hydrogen-bond acceptors (Lipinski definition) is 5. The third-order valence-corrected chi connectivity index (χ3v) is 2.64. The molecule has 1 aliphatic heterocycles. The zero-order chi connectivity index (χ0) is 12.3. The lowest BCUT2D eigenvalue weighted by Crippen LogP contribution is -2.41. The van der Waals surface area contributed by atoms with E-state index in [1.165, 1.54) is 0 Å². The van der Waals surface area contributed by atoms with Gasteiger partial charge in [-0.2, -0.15) is 0 Å². The van der Waals surface area contributed by atoms with E-state index in [9.17, 15) is 15.0 Å². The zero-order valence-corrected chi connectivity index (χ0v) is 9.46. The lowest BCUT2D eigenvalue weighted by molar-refractivity contribution is -0.124. The molecule has 4 N–H and O–H groups in total. The van der Waals surface area contributed by atoms with Crippen LogP contribution in [0.25, 0.3) is 0 Å². The molecular formula is C10H19NO5. The average molecular weight is 233 g/mol. The highest BCUT2D eigenvalue weighted by atomic mass is 16.6. The molecule has 0 aromatic heterocycles. The highest BCUT2D eigenvalue weighted by molar-refractivity contribution is 5.77. The van der Waals surface area contributed by atoms with E-state index in [1.807, 2.05) is 0 Å². The lowest BCUT2D eigenvalue weighted by Gasteiger charge is -2.16. The molecule has 6 heteroatoms. The first-order valence-electron chi connectivity index (χ1n) is 5.37. The Hall–Kier alpha value is -0.690. The van der Waals surface area contributed by atoms with Crippen molar-refractivity contribution in [1.29, 1.82) is 0 Å². The summed E-state index contributed by atoms with van der Waals surface area (Å²) in [4.78, 5) is 11.3. The Morgan fingerprint density at radius 1 is 1.31 bits per heavy atom. The second-order valence-corrected chi connectivity index (χ2v) is 4.28. The molecule has 1 aliphatic rings. The van der Waals surface area contributed by atoms with Gasteiger partial charge in [-0.15, -0.1) is 0 Å². The van der Waals surface area contributed by atoms with Crippen LogP contribution in [0.1, 0.15) is 13.8 Å². The van der Waals surface area contributed by atoms with Crippen molar-refractivity contribution >= 4 is 5.91 Å². The first-order chi connectivity index (χ1) is 7.47. The van der Waals surface area contributed by atoms with Crippen molar-refractivity contribution in [3.8, 4) is 0 Å². The van der Waals surface area contributed by atoms with Gasteiger partial charge in [0, 0.05) is 12.5 Å². The maximum absolute atomic E-state index is 11.3. The quantitative estimate of drug-likeness (QED) is 0.461. The number of aliphatic hydroxyl groups excluding tert-OH is 3. The van der Waals surface area contributed by atoms with Crippen LogP contribution in [0.2, 0.25) is 0 Å². The molecule has 4 atom stereocenters. The van der Waals surface area contributed by atoms with Crippen molar-refractivity contribution in [2.75, 3.05) is 13.2 Å². The highest BCUT2D eigenvalue weighted by Crippen LogP contribution is 2.20. The summed E-state index contributed by atoms with van der Waals surface area (Å²) in [6.45, 7) is 3.29. The molecule has 0 spiro atoms. The molecule has 0 unspecified atom stereocenters. The molecule has 1 fully saturated rings. The third kappa shape index (κ3) is 2.91. The number of amides is 1. The molecule has 16 heavy (non-hydrogen) atoms. The molecular weight excluding hydrogens is 214 g/mol. The summed E-state index contributed by atoms with van der Waals surface area (Å²) in [5.41, 5.74) is 0. The number of aliphatic hydroxyl groups is 3.